The number of fused-ring (bicyclic) bond motifs is 2. The first-order valence-corrected chi connectivity index (χ1v) is 13.3. The maximum Gasteiger partial charge on any atom is 0.249 e. The van der Waals surface area contributed by atoms with Crippen LogP contribution in [0.4, 0.5) is 5.69 Å². The minimum Gasteiger partial charge on any atom is -0.454 e. The Morgan fingerprint density at radius 3 is 2.60 bits per heavy atom. The van der Waals surface area contributed by atoms with Gasteiger partial charge < -0.3 is 29.4 Å². The summed E-state index contributed by atoms with van der Waals surface area (Å²) in [4.78, 5) is 33.3. The van der Waals surface area contributed by atoms with Crippen LogP contribution in [0.25, 0.3) is 10.9 Å². The van der Waals surface area contributed by atoms with Crippen molar-refractivity contribution in [2.45, 2.75) is 46.2 Å². The Morgan fingerprint density at radius 1 is 1.07 bits per heavy atom. The van der Waals surface area contributed by atoms with Crippen LogP contribution in [-0.4, -0.2) is 53.0 Å². The van der Waals surface area contributed by atoms with Gasteiger partial charge in [-0.2, -0.15) is 0 Å². The quantitative estimate of drug-likeness (QED) is 0.335. The number of hydrogen-bond acceptors (Lipinski definition) is 6. The smallest absolute Gasteiger partial charge is 0.249 e. The summed E-state index contributed by atoms with van der Waals surface area (Å²) in [6.45, 7) is 6.23. The van der Waals surface area contributed by atoms with Crippen LogP contribution in [0.5, 0.6) is 11.5 Å². The van der Waals surface area contributed by atoms with Crippen LogP contribution >= 0.6 is 0 Å². The molecule has 0 saturated carbocycles. The van der Waals surface area contributed by atoms with Crippen LogP contribution in [0.15, 0.2) is 54.7 Å². The maximum atomic E-state index is 13.8. The average Bonchev–Trinajstić information content (AvgIpc) is 3.53. The molecule has 0 spiro atoms. The van der Waals surface area contributed by atoms with Crippen LogP contribution in [0.2, 0.25) is 0 Å². The highest BCUT2D eigenvalue weighted by atomic mass is 16.7. The van der Waals surface area contributed by atoms with Crippen molar-refractivity contribution < 1.29 is 24.2 Å². The molecule has 40 heavy (non-hydrogen) atoms. The highest BCUT2D eigenvalue weighted by molar-refractivity contribution is 5.99. The lowest BCUT2D eigenvalue weighted by Gasteiger charge is -2.25. The summed E-state index contributed by atoms with van der Waals surface area (Å²) in [6.07, 6.45) is 2.41. The van der Waals surface area contributed by atoms with Crippen molar-refractivity contribution in [2.75, 3.05) is 25.3 Å². The number of carbonyl (C=O) groups is 2. The number of amides is 2. The zero-order valence-corrected chi connectivity index (χ0v) is 23.2. The summed E-state index contributed by atoms with van der Waals surface area (Å²) in [5, 5.41) is 13.8. The number of aromatic nitrogens is 2. The number of nitrogens with one attached hydrogen (secondary N) is 1. The number of aryl methyl sites for hydroxylation is 2. The number of nitrogens with zero attached hydrogens (tertiary/aromatic N) is 3. The van der Waals surface area contributed by atoms with E-state index >= 15 is 0 Å². The van der Waals surface area contributed by atoms with Crippen molar-refractivity contribution >= 4 is 28.4 Å². The fraction of sp³-hybridized carbons (Fsp3) is 0.323. The lowest BCUT2D eigenvalue weighted by atomic mass is 10.0. The molecule has 0 saturated heterocycles. The average molecular weight is 543 g/mol. The van der Waals surface area contributed by atoms with Gasteiger partial charge in [-0.25, -0.2) is 0 Å². The topological polar surface area (TPSA) is 106 Å². The van der Waals surface area contributed by atoms with Gasteiger partial charge in [0.25, 0.3) is 0 Å². The summed E-state index contributed by atoms with van der Waals surface area (Å²) < 4.78 is 12.9. The van der Waals surface area contributed by atoms with Gasteiger partial charge in [0.2, 0.25) is 18.6 Å². The van der Waals surface area contributed by atoms with Crippen LogP contribution < -0.4 is 19.7 Å². The second kappa shape index (κ2) is 11.4. The van der Waals surface area contributed by atoms with Gasteiger partial charge in [-0.3, -0.25) is 14.6 Å². The zero-order chi connectivity index (χ0) is 28.4. The van der Waals surface area contributed by atoms with Crippen LogP contribution in [0.3, 0.4) is 0 Å². The fourth-order valence-electron chi connectivity index (χ4n) is 5.42. The Labute approximate surface area is 233 Å². The number of aliphatic hydroxyl groups is 1. The Morgan fingerprint density at radius 2 is 1.85 bits per heavy atom. The molecule has 1 aliphatic heterocycles. The first-order chi connectivity index (χ1) is 19.3. The van der Waals surface area contributed by atoms with Crippen molar-refractivity contribution in [3.63, 3.8) is 0 Å². The molecule has 0 unspecified atom stereocenters. The van der Waals surface area contributed by atoms with Gasteiger partial charge in [-0.05, 0) is 68.1 Å². The summed E-state index contributed by atoms with van der Waals surface area (Å²) >= 11 is 0. The molecule has 5 rings (SSSR count). The number of aliphatic hydroxyl groups excluding tert-OH is 1. The number of ether oxygens (including phenoxy) is 2. The first kappa shape index (κ1) is 27.2. The standard InChI is InChI=1S/C31H34N4O5/c1-19-8-9-20(2)30-29(19)24(12-14-36)21(3)35(30)17-28(37)33-25(15-22-7-5-6-13-32-22)31(38)34(4)23-10-11-26-27(16-23)40-18-39-26/h5-11,13,16,25,36H,12,14-15,17-18H2,1-4H3,(H,33,37)/t25-/m0/s1. The van der Waals surface area contributed by atoms with Gasteiger partial charge in [-0.1, -0.05) is 18.2 Å². The molecule has 9 nitrogen and oxygen atoms in total. The van der Waals surface area contributed by atoms with Crippen LogP contribution in [0, 0.1) is 20.8 Å². The molecule has 1 atom stereocenters. The Kier molecular flexibility index (Phi) is 7.75. The molecule has 0 fully saturated rings. The highest BCUT2D eigenvalue weighted by Crippen LogP contribution is 2.35. The third-order valence-electron chi connectivity index (χ3n) is 7.51. The Bertz CT molecular complexity index is 1560. The normalized spacial score (nSPS) is 12.9. The van der Waals surface area contributed by atoms with E-state index in [0.717, 1.165) is 33.3 Å². The van der Waals surface area contributed by atoms with E-state index in [1.54, 1.807) is 31.4 Å². The van der Waals surface area contributed by atoms with Crippen LogP contribution in [0.1, 0.15) is 28.1 Å². The van der Waals surface area contributed by atoms with Crippen molar-refractivity contribution in [3.05, 3.63) is 82.8 Å². The molecule has 2 aromatic heterocycles. The van der Waals surface area contributed by atoms with Crippen molar-refractivity contribution in [2.24, 2.45) is 0 Å². The van der Waals surface area contributed by atoms with Gasteiger partial charge in [0, 0.05) is 54.8 Å². The molecule has 1 aliphatic rings. The molecule has 3 heterocycles. The monoisotopic (exact) mass is 542 g/mol. The van der Waals surface area contributed by atoms with E-state index in [2.05, 4.69) is 16.4 Å². The first-order valence-electron chi connectivity index (χ1n) is 13.3. The molecule has 0 bridgehead atoms. The molecular weight excluding hydrogens is 508 g/mol. The van der Waals surface area contributed by atoms with Gasteiger partial charge in [0.05, 0.1) is 5.52 Å². The molecule has 2 aromatic carbocycles. The van der Waals surface area contributed by atoms with Gasteiger partial charge in [0.15, 0.2) is 11.5 Å². The van der Waals surface area contributed by atoms with Gasteiger partial charge >= 0.3 is 0 Å². The molecular formula is C31H34N4O5. The van der Waals surface area contributed by atoms with E-state index in [1.807, 2.05) is 49.6 Å². The third-order valence-corrected chi connectivity index (χ3v) is 7.51. The van der Waals surface area contributed by atoms with E-state index in [4.69, 9.17) is 9.47 Å². The largest absolute Gasteiger partial charge is 0.454 e. The lowest BCUT2D eigenvalue weighted by Crippen LogP contribution is -2.49. The molecule has 4 aromatic rings. The zero-order valence-electron chi connectivity index (χ0n) is 23.2. The van der Waals surface area contributed by atoms with Crippen molar-refractivity contribution in [1.82, 2.24) is 14.9 Å². The maximum absolute atomic E-state index is 13.8. The summed E-state index contributed by atoms with van der Waals surface area (Å²) in [5.41, 5.74) is 6.41. The van der Waals surface area contributed by atoms with E-state index in [0.29, 0.717) is 29.3 Å². The van der Waals surface area contributed by atoms with Crippen molar-refractivity contribution in [3.8, 4) is 11.5 Å². The predicted molar refractivity (Wildman–Crippen MR) is 153 cm³/mol. The molecule has 9 heteroatoms. The number of likely N-dealkylation sites (N-methyl/N-ethyl adjacent to an activating group) is 1. The molecule has 2 N–H and O–H groups in total. The van der Waals surface area contributed by atoms with E-state index in [-0.39, 0.29) is 38.2 Å². The van der Waals surface area contributed by atoms with E-state index in [9.17, 15) is 14.7 Å². The third kappa shape index (κ3) is 5.24. The second-order valence-corrected chi connectivity index (χ2v) is 10.1. The number of anilines is 1. The fourth-order valence-corrected chi connectivity index (χ4v) is 5.42. The molecule has 2 amide bonds. The number of pyridine rings is 1. The molecule has 208 valence electrons. The van der Waals surface area contributed by atoms with Crippen LogP contribution in [-0.2, 0) is 29.0 Å². The Balaban J connectivity index is 1.43. The number of benzene rings is 2. The highest BCUT2D eigenvalue weighted by Gasteiger charge is 2.28. The lowest BCUT2D eigenvalue weighted by molar-refractivity contribution is -0.127. The summed E-state index contributed by atoms with van der Waals surface area (Å²) in [6, 6.07) is 14.1. The second-order valence-electron chi connectivity index (χ2n) is 10.1. The predicted octanol–water partition coefficient (Wildman–Crippen LogP) is 3.62. The molecule has 0 radical (unpaired) electrons. The number of rotatable bonds is 9. The SMILES string of the molecule is Cc1ccc(C)c2c1c(CCO)c(C)n2CC(=O)N[C@@H](Cc1ccccn1)C(=O)N(C)c1ccc2c(c1)OCO2. The van der Waals surface area contributed by atoms with Crippen molar-refractivity contribution in [1.29, 1.82) is 0 Å². The number of carbonyl (C=O) groups excluding carboxylic acids is 2. The number of hydrogen-bond donors (Lipinski definition) is 2. The summed E-state index contributed by atoms with van der Waals surface area (Å²) in [5.74, 6) is 0.634. The summed E-state index contributed by atoms with van der Waals surface area (Å²) in [7, 11) is 1.67. The van der Waals surface area contributed by atoms with E-state index in [1.165, 1.54) is 4.90 Å². The Hall–Kier alpha value is -4.37. The minimum atomic E-state index is -0.847. The minimum absolute atomic E-state index is 0.0202. The van der Waals surface area contributed by atoms with Gasteiger partial charge in [0.1, 0.15) is 12.6 Å². The van der Waals surface area contributed by atoms with Gasteiger partial charge in [-0.15, -0.1) is 0 Å². The molecule has 0 aliphatic carbocycles. The van der Waals surface area contributed by atoms with E-state index < -0.39 is 6.04 Å².